The van der Waals surface area contributed by atoms with Crippen molar-refractivity contribution in [2.24, 2.45) is 17.8 Å². The first-order chi connectivity index (χ1) is 11.9. The molecule has 134 valence electrons. The monoisotopic (exact) mass is 383 g/mol. The first-order valence-electron chi connectivity index (χ1n) is 8.15. The quantitative estimate of drug-likeness (QED) is 0.605. The van der Waals surface area contributed by atoms with Crippen LogP contribution in [0.15, 0.2) is 24.8 Å². The molecule has 5 nitrogen and oxygen atoms in total. The van der Waals surface area contributed by atoms with E-state index in [4.69, 9.17) is 33.0 Å². The van der Waals surface area contributed by atoms with Crippen molar-refractivity contribution in [3.05, 3.63) is 40.4 Å². The van der Waals surface area contributed by atoms with E-state index < -0.39 is 6.09 Å². The van der Waals surface area contributed by atoms with Crippen LogP contribution in [0, 0.1) is 17.8 Å². The zero-order valence-electron chi connectivity index (χ0n) is 13.6. The maximum Gasteiger partial charge on any atom is 0.407 e. The first kappa shape index (κ1) is 18.1. The average Bonchev–Trinajstić information content (AvgIpc) is 3.13. The fraction of sp³-hybridized carbons (Fsp3) is 0.444. The largest absolute Gasteiger partial charge is 0.489 e. The summed E-state index contributed by atoms with van der Waals surface area (Å²) < 4.78 is 5.58. The molecule has 0 radical (unpaired) electrons. The smallest absolute Gasteiger partial charge is 0.407 e. The third-order valence-corrected chi connectivity index (χ3v) is 5.76. The number of carbonyl (C=O) groups excluding carboxylic acids is 1. The molecule has 7 heteroatoms. The van der Waals surface area contributed by atoms with Crippen molar-refractivity contribution >= 4 is 35.1 Å². The number of carboxylic acid groups (broad SMARTS) is 1. The molecule has 25 heavy (non-hydrogen) atoms. The van der Waals surface area contributed by atoms with Gasteiger partial charge in [-0.3, -0.25) is 4.79 Å². The van der Waals surface area contributed by atoms with E-state index in [2.05, 4.69) is 6.58 Å². The van der Waals surface area contributed by atoms with E-state index in [1.807, 2.05) is 0 Å². The van der Waals surface area contributed by atoms with E-state index in [-0.39, 0.29) is 30.1 Å². The Morgan fingerprint density at radius 2 is 1.84 bits per heavy atom. The minimum atomic E-state index is -0.887. The van der Waals surface area contributed by atoms with Gasteiger partial charge in [-0.25, -0.2) is 4.79 Å². The van der Waals surface area contributed by atoms with Gasteiger partial charge in [0.15, 0.2) is 5.78 Å². The van der Waals surface area contributed by atoms with Gasteiger partial charge >= 0.3 is 6.09 Å². The minimum absolute atomic E-state index is 0.0195. The Morgan fingerprint density at radius 1 is 1.24 bits per heavy atom. The van der Waals surface area contributed by atoms with Crippen LogP contribution in [0.3, 0.4) is 0 Å². The zero-order chi connectivity index (χ0) is 18.1. The Kier molecular flexibility index (Phi) is 5.25. The summed E-state index contributed by atoms with van der Waals surface area (Å²) in [5.74, 6) is 0.724. The Hall–Kier alpha value is -1.72. The number of amides is 1. The number of ether oxygens (including phenoxy) is 1. The fourth-order valence-electron chi connectivity index (χ4n) is 3.88. The van der Waals surface area contributed by atoms with Crippen LogP contribution in [0.4, 0.5) is 4.79 Å². The molecule has 2 aliphatic rings. The van der Waals surface area contributed by atoms with Gasteiger partial charge in [0.25, 0.3) is 0 Å². The number of ketones is 1. The number of Topliss-reactive ketones (excluding diaryl/α,β-unsaturated/α-hetero) is 1. The molecule has 1 amide bonds. The normalized spacial score (nSPS) is 24.9. The molecule has 1 N–H and O–H groups in total. The van der Waals surface area contributed by atoms with Crippen LogP contribution in [0.2, 0.25) is 10.0 Å². The maximum absolute atomic E-state index is 13.0. The van der Waals surface area contributed by atoms with Crippen LogP contribution in [-0.2, 0) is 0 Å². The molecule has 1 heterocycles. The molecular weight excluding hydrogens is 365 g/mol. The van der Waals surface area contributed by atoms with Crippen molar-refractivity contribution < 1.29 is 19.4 Å². The number of halogens is 2. The lowest BCUT2D eigenvalue weighted by atomic mass is 9.94. The van der Waals surface area contributed by atoms with E-state index in [9.17, 15) is 9.59 Å². The molecule has 1 unspecified atom stereocenters. The highest BCUT2D eigenvalue weighted by molar-refractivity contribution is 6.42. The summed E-state index contributed by atoms with van der Waals surface area (Å²) in [7, 11) is 0. The highest BCUT2D eigenvalue weighted by Crippen LogP contribution is 2.44. The molecule has 0 spiro atoms. The van der Waals surface area contributed by atoms with Gasteiger partial charge in [-0.15, -0.1) is 0 Å². The van der Waals surface area contributed by atoms with Gasteiger partial charge in [0.1, 0.15) is 12.4 Å². The van der Waals surface area contributed by atoms with Crippen molar-refractivity contribution in [3.8, 4) is 5.75 Å². The summed E-state index contributed by atoms with van der Waals surface area (Å²) in [4.78, 5) is 25.5. The van der Waals surface area contributed by atoms with Gasteiger partial charge < -0.3 is 14.7 Å². The second kappa shape index (κ2) is 7.26. The molecule has 1 saturated carbocycles. The number of likely N-dealkylation sites (tertiary alicyclic amines) is 1. The third kappa shape index (κ3) is 3.62. The molecule has 1 aromatic carbocycles. The zero-order valence-corrected chi connectivity index (χ0v) is 15.1. The van der Waals surface area contributed by atoms with Crippen LogP contribution in [0.1, 0.15) is 23.2 Å². The van der Waals surface area contributed by atoms with Crippen molar-refractivity contribution in [2.45, 2.75) is 12.8 Å². The first-order valence-corrected chi connectivity index (χ1v) is 8.91. The third-order valence-electron chi connectivity index (χ3n) is 5.04. The highest BCUT2D eigenvalue weighted by atomic mass is 35.5. The van der Waals surface area contributed by atoms with Crippen molar-refractivity contribution in [2.75, 3.05) is 19.7 Å². The molecule has 0 bridgehead atoms. The molecule has 1 aromatic rings. The lowest BCUT2D eigenvalue weighted by Gasteiger charge is -2.17. The van der Waals surface area contributed by atoms with Gasteiger partial charge in [-0.2, -0.15) is 0 Å². The standard InChI is InChI=1S/C18H19Cl2NO4/c1-2-3-25-16-7-15(20)14(19)6-13(16)17(22)10-4-11-8-21(18(23)24)9-12(11)5-10/h2,6-7,10-12H,1,3-5,8-9H2,(H,23,24)/t10?,11-,12+. The number of carbonyl (C=O) groups is 2. The highest BCUT2D eigenvalue weighted by Gasteiger charge is 2.45. The van der Waals surface area contributed by atoms with Crippen molar-refractivity contribution in [3.63, 3.8) is 0 Å². The summed E-state index contributed by atoms with van der Waals surface area (Å²) in [6.45, 7) is 4.88. The van der Waals surface area contributed by atoms with Gasteiger partial charge in [0.05, 0.1) is 15.6 Å². The Balaban J connectivity index is 1.77. The van der Waals surface area contributed by atoms with Crippen molar-refractivity contribution in [1.29, 1.82) is 0 Å². The summed E-state index contributed by atoms with van der Waals surface area (Å²) in [6, 6.07) is 3.12. The number of hydrogen-bond acceptors (Lipinski definition) is 3. The maximum atomic E-state index is 13.0. The SMILES string of the molecule is C=CCOc1cc(Cl)c(Cl)cc1C(=O)C1C[C@@H]2CN(C(=O)O)C[C@@H]2C1. The van der Waals surface area contributed by atoms with Crippen LogP contribution in [-0.4, -0.2) is 41.6 Å². The molecule has 1 aliphatic heterocycles. The Bertz CT molecular complexity index is 707. The minimum Gasteiger partial charge on any atom is -0.489 e. The predicted molar refractivity (Wildman–Crippen MR) is 95.8 cm³/mol. The van der Waals surface area contributed by atoms with Gasteiger partial charge in [0.2, 0.25) is 0 Å². The Morgan fingerprint density at radius 3 is 2.40 bits per heavy atom. The number of fused-ring (bicyclic) bond motifs is 1. The van der Waals surface area contributed by atoms with E-state index in [0.717, 1.165) is 0 Å². The fourth-order valence-corrected chi connectivity index (χ4v) is 4.20. The van der Waals surface area contributed by atoms with E-state index in [1.54, 1.807) is 18.2 Å². The molecule has 2 fully saturated rings. The molecule has 3 atom stereocenters. The molecule has 1 aliphatic carbocycles. The predicted octanol–water partition coefficient (Wildman–Crippen LogP) is 4.38. The second-order valence-electron chi connectivity index (χ2n) is 6.60. The topological polar surface area (TPSA) is 66.8 Å². The van der Waals surface area contributed by atoms with Crippen LogP contribution < -0.4 is 4.74 Å². The number of rotatable bonds is 5. The Labute approximate surface area is 156 Å². The van der Waals surface area contributed by atoms with Crippen LogP contribution in [0.5, 0.6) is 5.75 Å². The van der Waals surface area contributed by atoms with Gasteiger partial charge in [-0.1, -0.05) is 35.9 Å². The van der Waals surface area contributed by atoms with E-state index in [1.165, 1.54) is 4.90 Å². The van der Waals surface area contributed by atoms with Gasteiger partial charge in [0, 0.05) is 25.1 Å². The lowest BCUT2D eigenvalue weighted by molar-refractivity contribution is 0.0910. The molecule has 1 saturated heterocycles. The molecule has 3 rings (SSSR count). The number of benzene rings is 1. The lowest BCUT2D eigenvalue weighted by Crippen LogP contribution is -2.28. The average molecular weight is 384 g/mol. The van der Waals surface area contributed by atoms with Gasteiger partial charge in [-0.05, 0) is 30.7 Å². The van der Waals surface area contributed by atoms with Crippen LogP contribution in [0.25, 0.3) is 0 Å². The summed E-state index contributed by atoms with van der Waals surface area (Å²) in [6.07, 6.45) is 2.09. The van der Waals surface area contributed by atoms with E-state index in [0.29, 0.717) is 47.3 Å². The van der Waals surface area contributed by atoms with E-state index >= 15 is 0 Å². The summed E-state index contributed by atoms with van der Waals surface area (Å²) in [5, 5.41) is 9.75. The van der Waals surface area contributed by atoms with Crippen LogP contribution >= 0.6 is 23.2 Å². The summed E-state index contributed by atoms with van der Waals surface area (Å²) in [5.41, 5.74) is 0.427. The number of hydrogen-bond donors (Lipinski definition) is 1. The van der Waals surface area contributed by atoms with Crippen molar-refractivity contribution in [1.82, 2.24) is 4.90 Å². The second-order valence-corrected chi connectivity index (χ2v) is 7.42. The number of nitrogens with zero attached hydrogens (tertiary/aromatic N) is 1. The summed E-state index contributed by atoms with van der Waals surface area (Å²) >= 11 is 12.1. The molecule has 0 aromatic heterocycles. The molecular formula is C18H19Cl2NO4.